The second-order valence-electron chi connectivity index (χ2n) is 22.6. The summed E-state index contributed by atoms with van der Waals surface area (Å²) in [5, 5.41) is 20.6. The molecule has 2 N–H and O–H groups in total. The Hall–Kier alpha value is -8.84. The van der Waals surface area contributed by atoms with Crippen LogP contribution in [0.1, 0.15) is 124 Å². The van der Waals surface area contributed by atoms with Crippen molar-refractivity contribution in [3.05, 3.63) is 154 Å². The molecule has 10 rings (SSSR count). The number of carbonyl (C=O) groups is 2. The normalized spacial score (nSPS) is 14.3. The largest absolute Gasteiger partial charge is 0.401 e. The van der Waals surface area contributed by atoms with Gasteiger partial charge in [-0.25, -0.2) is 28.7 Å². The van der Waals surface area contributed by atoms with Crippen molar-refractivity contribution in [3.63, 3.8) is 0 Å². The Bertz CT molecular complexity index is 3870. The van der Waals surface area contributed by atoms with Gasteiger partial charge in [-0.3, -0.25) is 19.0 Å². The Kier molecular flexibility index (Phi) is 17.4. The van der Waals surface area contributed by atoms with Gasteiger partial charge in [0.25, 0.3) is 0 Å². The van der Waals surface area contributed by atoms with Crippen LogP contribution in [-0.4, -0.2) is 82.1 Å². The van der Waals surface area contributed by atoms with Crippen molar-refractivity contribution in [1.29, 1.82) is 0 Å². The third-order valence-electron chi connectivity index (χ3n) is 15.9. The van der Waals surface area contributed by atoms with Crippen LogP contribution < -0.4 is 10.6 Å². The summed E-state index contributed by atoms with van der Waals surface area (Å²) in [6.45, 7) is 13.6. The molecular weight excluding hydrogens is 1140 g/mol. The minimum atomic E-state index is -4.47. The highest BCUT2D eigenvalue weighted by molar-refractivity contribution is 6.90. The molecule has 0 spiro atoms. The molecule has 2 fully saturated rings. The summed E-state index contributed by atoms with van der Waals surface area (Å²) in [5.41, 5.74) is 6.52. The van der Waals surface area contributed by atoms with Crippen LogP contribution >= 0.6 is 0 Å². The van der Waals surface area contributed by atoms with E-state index < -0.39 is 54.7 Å². The fraction of sp³-hybridized carbons (Fsp3) is 0.377. The van der Waals surface area contributed by atoms with Crippen molar-refractivity contribution in [3.8, 4) is 46.1 Å². The fourth-order valence-corrected chi connectivity index (χ4v) is 16.1. The van der Waals surface area contributed by atoms with Crippen LogP contribution in [0.2, 0.25) is 16.6 Å². The highest BCUT2D eigenvalue weighted by atomic mass is 28.3. The van der Waals surface area contributed by atoms with E-state index in [0.29, 0.717) is 69.1 Å². The first-order valence-corrected chi connectivity index (χ1v) is 29.8. The lowest BCUT2D eigenvalue weighted by molar-refractivity contribution is -0.166. The molecule has 0 saturated heterocycles. The lowest BCUT2D eigenvalue weighted by Crippen LogP contribution is -2.43. The van der Waals surface area contributed by atoms with Gasteiger partial charge in [0.05, 0.1) is 12.8 Å². The lowest BCUT2D eigenvalue weighted by Gasteiger charge is -2.38. The van der Waals surface area contributed by atoms with E-state index in [4.69, 9.17) is 15.5 Å². The van der Waals surface area contributed by atoms with Gasteiger partial charge in [0.2, 0.25) is 11.8 Å². The number of benzene rings is 2. The molecule has 2 aliphatic rings. The van der Waals surface area contributed by atoms with Crippen LogP contribution in [0.5, 0.6) is 0 Å². The van der Waals surface area contributed by atoms with Crippen LogP contribution in [0.25, 0.3) is 22.3 Å². The van der Waals surface area contributed by atoms with Crippen LogP contribution in [0, 0.1) is 35.4 Å². The van der Waals surface area contributed by atoms with Crippen LogP contribution in [0.3, 0.4) is 0 Å². The van der Waals surface area contributed by atoms with Crippen molar-refractivity contribution >= 4 is 31.5 Å². The molecule has 86 heavy (non-hydrogen) atoms. The minimum absolute atomic E-state index is 0.0948. The third kappa shape index (κ3) is 13.2. The molecule has 0 unspecified atom stereocenters. The van der Waals surface area contributed by atoms with E-state index in [-0.39, 0.29) is 72.8 Å². The molecule has 0 atom stereocenters. The third-order valence-corrected chi connectivity index (χ3v) is 22.2. The highest BCUT2D eigenvalue weighted by Gasteiger charge is 2.68. The second kappa shape index (κ2) is 24.3. The van der Waals surface area contributed by atoms with Gasteiger partial charge in [0.15, 0.2) is 23.2 Å². The average Bonchev–Trinajstić information content (AvgIpc) is 1.60. The number of amides is 2. The van der Waals surface area contributed by atoms with Crippen LogP contribution in [-0.2, 0) is 60.2 Å². The molecule has 2 saturated carbocycles. The number of alkyl halides is 6. The predicted octanol–water partition coefficient (Wildman–Crippen LogP) is 12.3. The van der Waals surface area contributed by atoms with Crippen molar-refractivity contribution in [2.75, 3.05) is 10.6 Å². The standard InChI is InChI=1S/C35H40F4N6O2Si.C26H20F4N6O2/c1-21(2)48(22(3)4,23(5)6)13-10-29-26(20-45(7)43-29)15-31-40-18-27(19-41-31)24-8-9-25(28(36)14-24)16-33(46)42-32-17-30(47-44-32)34(11-12-34)35(37,38)39;1-3-20-17(14-36(2)34-20)9-22-31-12-18(13-32-22)15-4-5-16(19(27)8-15)10-24(37)33-23-11-21(38-35-23)25(6-7-25)26(28,29)30/h8-9,14,17-23H,11-12,15-16H2,1-7H3,(H,42,44,46);1,4-5,8,11-14H,6-7,9-10H2,2H3,(H,33,35,37). The Morgan fingerprint density at radius 1 is 0.605 bits per heavy atom. The number of nitrogens with zero attached hydrogens (tertiary/aromatic N) is 10. The van der Waals surface area contributed by atoms with Crippen molar-refractivity contribution < 1.29 is 53.8 Å². The predicted molar refractivity (Wildman–Crippen MR) is 304 cm³/mol. The van der Waals surface area contributed by atoms with Gasteiger partial charge in [-0.05, 0) is 82.6 Å². The van der Waals surface area contributed by atoms with Gasteiger partial charge in [-0.1, -0.05) is 82.0 Å². The maximum Gasteiger partial charge on any atom is 0.401 e. The molecule has 6 aromatic heterocycles. The van der Waals surface area contributed by atoms with Gasteiger partial charge < -0.3 is 19.7 Å². The Morgan fingerprint density at radius 3 is 1.34 bits per heavy atom. The summed E-state index contributed by atoms with van der Waals surface area (Å²) in [4.78, 5) is 42.6. The maximum absolute atomic E-state index is 15.1. The summed E-state index contributed by atoms with van der Waals surface area (Å²) in [5.74, 6) is 3.50. The topological polar surface area (TPSA) is 197 Å². The smallest absolute Gasteiger partial charge is 0.358 e. The van der Waals surface area contributed by atoms with Crippen molar-refractivity contribution in [2.45, 2.75) is 133 Å². The number of carbonyl (C=O) groups excluding carboxylic acids is 2. The van der Waals surface area contributed by atoms with E-state index in [1.54, 1.807) is 59.5 Å². The zero-order valence-electron chi connectivity index (χ0n) is 48.2. The number of halogens is 8. The van der Waals surface area contributed by atoms with Gasteiger partial charge in [0, 0.05) is 98.5 Å². The number of aryl methyl sites for hydroxylation is 2. The molecule has 0 radical (unpaired) electrons. The summed E-state index contributed by atoms with van der Waals surface area (Å²) >= 11 is 0. The molecule has 2 aliphatic carbocycles. The van der Waals surface area contributed by atoms with Gasteiger partial charge in [0.1, 0.15) is 53.6 Å². The van der Waals surface area contributed by atoms with E-state index in [1.165, 1.54) is 24.3 Å². The highest BCUT2D eigenvalue weighted by Crippen LogP contribution is 2.60. The van der Waals surface area contributed by atoms with E-state index in [1.807, 2.05) is 13.2 Å². The van der Waals surface area contributed by atoms with Gasteiger partial charge in [-0.2, -0.15) is 36.5 Å². The second-order valence-corrected chi connectivity index (χ2v) is 28.2. The Morgan fingerprint density at radius 2 is 0.988 bits per heavy atom. The summed E-state index contributed by atoms with van der Waals surface area (Å²) < 4.78 is 123. The molecule has 8 aromatic rings. The van der Waals surface area contributed by atoms with Crippen LogP contribution in [0.15, 0.2) is 94.8 Å². The van der Waals surface area contributed by atoms with E-state index in [2.05, 4.69) is 110 Å². The number of nitrogens with one attached hydrogen (secondary N) is 2. The number of hydrogen-bond acceptors (Lipinski definition) is 12. The first kappa shape index (κ1) is 61.7. The first-order valence-electron chi connectivity index (χ1n) is 27.6. The van der Waals surface area contributed by atoms with Crippen molar-refractivity contribution in [1.82, 2.24) is 49.8 Å². The number of aromatic nitrogens is 10. The number of anilines is 2. The Balaban J connectivity index is 0.000000211. The quantitative estimate of drug-likeness (QED) is 0.0498. The summed E-state index contributed by atoms with van der Waals surface area (Å²) in [7, 11) is 1.69. The molecular formula is C61H60F8N12O4Si. The van der Waals surface area contributed by atoms with E-state index in [0.717, 1.165) is 29.0 Å². The number of rotatable bonds is 17. The molecule has 0 bridgehead atoms. The SMILES string of the molecule is C#Cc1nn(C)cc1Cc1ncc(-c2ccc(CC(=O)Nc3cc(C4(C(F)(F)F)CC4)on3)c(F)c2)cn1.CC(C)[Si](C#Cc1nn(C)cc1Cc1ncc(-c2ccc(CC(=O)Nc3cc(C4(C(F)(F)F)CC4)on3)c(F)c2)cn1)(C(C)C)C(C)C. The number of hydrogen-bond donors (Lipinski definition) is 2. The summed E-state index contributed by atoms with van der Waals surface area (Å²) in [6.07, 6.45) is 6.38. The van der Waals surface area contributed by atoms with Gasteiger partial charge >= 0.3 is 12.4 Å². The van der Waals surface area contributed by atoms with Crippen molar-refractivity contribution in [2.24, 2.45) is 14.1 Å². The molecule has 2 aromatic carbocycles. The van der Waals surface area contributed by atoms with E-state index in [9.17, 15) is 40.3 Å². The fourth-order valence-electron chi connectivity index (χ4n) is 10.9. The Labute approximate surface area is 491 Å². The minimum Gasteiger partial charge on any atom is -0.358 e. The maximum atomic E-state index is 15.1. The van der Waals surface area contributed by atoms with Crippen LogP contribution in [0.4, 0.5) is 46.8 Å². The summed E-state index contributed by atoms with van der Waals surface area (Å²) in [6, 6.07) is 10.9. The van der Waals surface area contributed by atoms with Gasteiger partial charge in [-0.15, -0.1) is 12.0 Å². The monoisotopic (exact) mass is 1200 g/mol. The molecule has 6 heterocycles. The molecule has 0 aliphatic heterocycles. The zero-order valence-corrected chi connectivity index (χ0v) is 49.2. The molecule has 25 heteroatoms. The number of terminal acetylenes is 1. The van der Waals surface area contributed by atoms with E-state index >= 15 is 4.39 Å². The zero-order chi connectivity index (χ0) is 62.1. The molecule has 2 amide bonds. The molecule has 16 nitrogen and oxygen atoms in total. The average molecular weight is 1210 g/mol. The lowest BCUT2D eigenvalue weighted by atomic mass is 10.0. The molecule has 448 valence electrons. The first-order chi connectivity index (χ1) is 40.6.